The summed E-state index contributed by atoms with van der Waals surface area (Å²) in [5.41, 5.74) is 14.9. The molecule has 1 aliphatic carbocycles. The van der Waals surface area contributed by atoms with Crippen LogP contribution in [0.2, 0.25) is 0 Å². The van der Waals surface area contributed by atoms with Gasteiger partial charge >= 0.3 is 0 Å². The van der Waals surface area contributed by atoms with Crippen LogP contribution in [0.4, 0.5) is 10.1 Å². The Hall–Kier alpha value is -7.33. The molecule has 1 aliphatic rings. The summed E-state index contributed by atoms with van der Waals surface area (Å²) in [4.78, 5) is 27.0. The summed E-state index contributed by atoms with van der Waals surface area (Å²) in [6.07, 6.45) is 18.2. The summed E-state index contributed by atoms with van der Waals surface area (Å²) in [5, 5.41) is 11.4. The van der Waals surface area contributed by atoms with Gasteiger partial charge in [-0.05, 0) is 102 Å². The van der Waals surface area contributed by atoms with E-state index in [0.29, 0.717) is 17.1 Å². The van der Waals surface area contributed by atoms with Gasteiger partial charge in [0.2, 0.25) is 5.71 Å². The second-order valence-corrected chi connectivity index (χ2v) is 11.9. The van der Waals surface area contributed by atoms with E-state index in [2.05, 4.69) is 30.5 Å². The Balaban J connectivity index is 1.08. The number of aromatic nitrogens is 6. The fraction of sp³-hybridized carbons (Fsp3) is 0. The molecule has 52 heavy (non-hydrogen) atoms. The number of anilines is 1. The molecule has 0 amide bonds. The highest BCUT2D eigenvalue weighted by Crippen LogP contribution is 2.30. The van der Waals surface area contributed by atoms with Gasteiger partial charge in [-0.3, -0.25) is 40.7 Å². The summed E-state index contributed by atoms with van der Waals surface area (Å²) in [5.74, 6) is -0.332. The number of hydrazone groups is 1. The van der Waals surface area contributed by atoms with E-state index in [1.807, 2.05) is 104 Å². The van der Waals surface area contributed by atoms with E-state index >= 15 is 0 Å². The van der Waals surface area contributed by atoms with Crippen molar-refractivity contribution in [3.8, 4) is 45.0 Å². The van der Waals surface area contributed by atoms with Gasteiger partial charge < -0.3 is 0 Å². The number of halogens is 1. The Bertz CT molecular complexity index is 2440. The molecule has 7 aromatic rings. The van der Waals surface area contributed by atoms with E-state index in [1.165, 1.54) is 12.1 Å². The molecule has 6 heterocycles. The SMILES string of the molecule is [NH2+]=C1C(c2ccc(-c3ccc(-c4ccncc4)cn3)nc2)=CC(c2ccc(-c3ccc(-c4ccncc4)cn3)nc2)=C/C1=N/Nc1ccc(F)cc1. The molecule has 3 N–H and O–H groups in total. The Kier molecular flexibility index (Phi) is 8.75. The molecular weight excluding hydrogens is 650 g/mol. The van der Waals surface area contributed by atoms with E-state index < -0.39 is 0 Å². The number of nitrogens with zero attached hydrogens (tertiary/aromatic N) is 7. The van der Waals surface area contributed by atoms with E-state index in [0.717, 1.165) is 67.3 Å². The fourth-order valence-corrected chi connectivity index (χ4v) is 5.73. The van der Waals surface area contributed by atoms with Crippen LogP contribution >= 0.6 is 0 Å². The van der Waals surface area contributed by atoms with Gasteiger partial charge in [-0.1, -0.05) is 24.3 Å². The lowest BCUT2D eigenvalue weighted by molar-refractivity contribution is -0.108. The fourth-order valence-electron chi connectivity index (χ4n) is 5.73. The van der Waals surface area contributed by atoms with Crippen molar-refractivity contribution >= 4 is 28.3 Å². The number of nitrogens with two attached hydrogens (primary N) is 1. The zero-order chi connectivity index (χ0) is 35.3. The topological polar surface area (TPSA) is 127 Å². The highest BCUT2D eigenvalue weighted by Gasteiger charge is 2.25. The molecule has 0 spiro atoms. The zero-order valence-electron chi connectivity index (χ0n) is 27.6. The van der Waals surface area contributed by atoms with Crippen LogP contribution in [-0.4, -0.2) is 41.3 Å². The molecule has 0 bridgehead atoms. The zero-order valence-corrected chi connectivity index (χ0v) is 27.6. The van der Waals surface area contributed by atoms with E-state index in [1.54, 1.807) is 43.1 Å². The van der Waals surface area contributed by atoms with E-state index in [4.69, 9.17) is 15.4 Å². The van der Waals surface area contributed by atoms with Gasteiger partial charge in [0.05, 0.1) is 34.0 Å². The van der Waals surface area contributed by atoms with Crippen LogP contribution in [0, 0.1) is 5.82 Å². The summed E-state index contributed by atoms with van der Waals surface area (Å²) in [6, 6.07) is 29.5. The van der Waals surface area contributed by atoms with Crippen molar-refractivity contribution in [3.05, 3.63) is 176 Å². The molecule has 1 aromatic carbocycles. The minimum atomic E-state index is -0.332. The lowest BCUT2D eigenvalue weighted by Gasteiger charge is -2.15. The maximum Gasteiger partial charge on any atom is 0.232 e. The van der Waals surface area contributed by atoms with Crippen molar-refractivity contribution < 1.29 is 9.80 Å². The van der Waals surface area contributed by atoms with Crippen molar-refractivity contribution in [2.45, 2.75) is 0 Å². The van der Waals surface area contributed by atoms with Crippen molar-refractivity contribution in [1.29, 1.82) is 0 Å². The van der Waals surface area contributed by atoms with Gasteiger partial charge in [0.25, 0.3) is 0 Å². The van der Waals surface area contributed by atoms with Gasteiger partial charge in [-0.15, -0.1) is 0 Å². The van der Waals surface area contributed by atoms with Gasteiger partial charge in [0, 0.05) is 71.8 Å². The number of nitrogens with one attached hydrogen (secondary N) is 1. The quantitative estimate of drug-likeness (QED) is 0.131. The smallest absolute Gasteiger partial charge is 0.232 e. The summed E-state index contributed by atoms with van der Waals surface area (Å²) in [6.45, 7) is 0. The Labute approximate surface area is 298 Å². The van der Waals surface area contributed by atoms with Crippen LogP contribution in [0.25, 0.3) is 56.2 Å². The monoisotopic (exact) mass is 678 g/mol. The maximum atomic E-state index is 13.5. The third kappa shape index (κ3) is 6.89. The number of allylic oxidation sites excluding steroid dienone is 4. The summed E-state index contributed by atoms with van der Waals surface area (Å²) < 4.78 is 13.5. The normalized spacial score (nSPS) is 13.4. The molecule has 0 aliphatic heterocycles. The Morgan fingerprint density at radius 2 is 0.942 bits per heavy atom. The molecule has 0 fully saturated rings. The van der Waals surface area contributed by atoms with Gasteiger partial charge in [0.15, 0.2) is 5.71 Å². The highest BCUT2D eigenvalue weighted by molar-refractivity contribution is 6.61. The molecular formula is C42H29FN9+. The van der Waals surface area contributed by atoms with Crippen LogP contribution in [0.15, 0.2) is 164 Å². The van der Waals surface area contributed by atoms with Crippen molar-refractivity contribution in [2.75, 3.05) is 5.43 Å². The number of rotatable bonds is 8. The Morgan fingerprint density at radius 1 is 0.481 bits per heavy atom. The average molecular weight is 679 g/mol. The number of hydrogen-bond donors (Lipinski definition) is 2. The molecule has 0 saturated carbocycles. The third-order valence-electron chi connectivity index (χ3n) is 8.56. The molecule has 10 heteroatoms. The first-order valence-corrected chi connectivity index (χ1v) is 16.4. The van der Waals surface area contributed by atoms with E-state index in [9.17, 15) is 4.39 Å². The summed E-state index contributed by atoms with van der Waals surface area (Å²) in [7, 11) is 0. The van der Waals surface area contributed by atoms with Crippen molar-refractivity contribution in [2.24, 2.45) is 5.10 Å². The minimum absolute atomic E-state index is 0.332. The molecule has 6 aromatic heterocycles. The first-order chi connectivity index (χ1) is 25.6. The average Bonchev–Trinajstić information content (AvgIpc) is 3.22. The lowest BCUT2D eigenvalue weighted by atomic mass is 9.89. The number of pyridine rings is 6. The second-order valence-electron chi connectivity index (χ2n) is 11.9. The van der Waals surface area contributed by atoms with Crippen LogP contribution < -0.4 is 10.8 Å². The first-order valence-electron chi connectivity index (χ1n) is 16.4. The number of benzene rings is 1. The maximum absolute atomic E-state index is 13.5. The van der Waals surface area contributed by atoms with Crippen LogP contribution in [-0.2, 0) is 0 Å². The predicted molar refractivity (Wildman–Crippen MR) is 202 cm³/mol. The van der Waals surface area contributed by atoms with Crippen LogP contribution in [0.5, 0.6) is 0 Å². The molecule has 0 saturated heterocycles. The third-order valence-corrected chi connectivity index (χ3v) is 8.56. The second kappa shape index (κ2) is 14.3. The Morgan fingerprint density at radius 3 is 1.40 bits per heavy atom. The van der Waals surface area contributed by atoms with Crippen LogP contribution in [0.1, 0.15) is 11.1 Å². The molecule has 248 valence electrons. The molecule has 0 unspecified atom stereocenters. The van der Waals surface area contributed by atoms with E-state index in [-0.39, 0.29) is 5.82 Å². The molecule has 9 nitrogen and oxygen atoms in total. The highest BCUT2D eigenvalue weighted by atomic mass is 19.1. The predicted octanol–water partition coefficient (Wildman–Crippen LogP) is 7.01. The minimum Gasteiger partial charge on any atom is -0.278 e. The van der Waals surface area contributed by atoms with Gasteiger partial charge in [0.1, 0.15) is 5.82 Å². The largest absolute Gasteiger partial charge is 0.278 e. The first kappa shape index (κ1) is 31.9. The molecule has 0 atom stereocenters. The van der Waals surface area contributed by atoms with Crippen molar-refractivity contribution in [3.63, 3.8) is 0 Å². The standard InChI is InChI=1S/C42H28FN9/c43-34-5-7-35(8-6-34)51-52-41-22-33(31-3-11-39(49-25-31)37-9-1-29(23-47-37)27-13-17-45-18-14-27)21-36(42(41)44)32-4-12-40(50-26-32)38-10-2-30(24-48-38)28-15-19-46-20-16-28/h1-26,44,51H/p+1/b44-42?,52-41-. The molecule has 8 rings (SSSR count). The lowest BCUT2D eigenvalue weighted by Crippen LogP contribution is -2.46. The number of hydrogen-bond acceptors (Lipinski definition) is 8. The van der Waals surface area contributed by atoms with Crippen LogP contribution in [0.3, 0.4) is 0 Å². The van der Waals surface area contributed by atoms with Gasteiger partial charge in [-0.25, -0.2) is 4.39 Å². The summed E-state index contributed by atoms with van der Waals surface area (Å²) >= 11 is 0. The van der Waals surface area contributed by atoms with Crippen molar-refractivity contribution in [1.82, 2.24) is 29.9 Å². The van der Waals surface area contributed by atoms with Gasteiger partial charge in [-0.2, -0.15) is 5.10 Å². The molecule has 0 radical (unpaired) electrons.